The monoisotopic (exact) mass is 250 g/mol. The van der Waals surface area contributed by atoms with Gasteiger partial charge in [-0.15, -0.1) is 0 Å². The summed E-state index contributed by atoms with van der Waals surface area (Å²) in [7, 11) is 0. The summed E-state index contributed by atoms with van der Waals surface area (Å²) in [5, 5.41) is 15.1. The molecule has 102 valence electrons. The Morgan fingerprint density at radius 1 is 1.39 bits per heavy atom. The van der Waals surface area contributed by atoms with E-state index >= 15 is 0 Å². The Hall–Kier alpha value is -0.830. The highest BCUT2D eigenvalue weighted by Gasteiger charge is 2.30. The molecule has 0 aliphatic heterocycles. The zero-order valence-corrected chi connectivity index (χ0v) is 11.7. The van der Waals surface area contributed by atoms with Crippen LogP contribution in [0, 0.1) is 5.92 Å². The van der Waals surface area contributed by atoms with Crippen LogP contribution in [0.1, 0.15) is 57.9 Å². The Balaban J connectivity index is 1.98. The lowest BCUT2D eigenvalue weighted by Gasteiger charge is -2.26. The van der Waals surface area contributed by atoms with Crippen molar-refractivity contribution < 1.29 is 5.11 Å². The van der Waals surface area contributed by atoms with E-state index in [1.807, 2.05) is 10.9 Å². The van der Waals surface area contributed by atoms with E-state index in [4.69, 9.17) is 0 Å². The van der Waals surface area contributed by atoms with Gasteiger partial charge < -0.3 is 5.11 Å². The smallest absolute Gasteiger partial charge is 0.0689 e. The van der Waals surface area contributed by atoms with Crippen molar-refractivity contribution in [2.24, 2.45) is 5.92 Å². The molecule has 1 aliphatic rings. The summed E-state index contributed by atoms with van der Waals surface area (Å²) >= 11 is 0. The number of aromatic nitrogens is 2. The maximum Gasteiger partial charge on any atom is 0.0689 e. The number of rotatable bonds is 4. The molecule has 2 atom stereocenters. The first-order valence-electron chi connectivity index (χ1n) is 7.39. The lowest BCUT2D eigenvalue weighted by Crippen LogP contribution is -2.30. The summed E-state index contributed by atoms with van der Waals surface area (Å²) in [6.45, 7) is 5.25. The third-order valence-electron chi connectivity index (χ3n) is 4.39. The van der Waals surface area contributed by atoms with Crippen LogP contribution in [0.25, 0.3) is 0 Å². The van der Waals surface area contributed by atoms with Crippen LogP contribution in [0.3, 0.4) is 0 Å². The molecule has 1 aliphatic carbocycles. The molecule has 1 aromatic heterocycles. The van der Waals surface area contributed by atoms with Crippen LogP contribution in [0.5, 0.6) is 0 Å². The van der Waals surface area contributed by atoms with Gasteiger partial charge in [0.25, 0.3) is 0 Å². The second-order valence-corrected chi connectivity index (χ2v) is 5.81. The van der Waals surface area contributed by atoms with Gasteiger partial charge in [0.15, 0.2) is 0 Å². The minimum absolute atomic E-state index is 0.495. The number of hydrogen-bond donors (Lipinski definition) is 1. The third-order valence-corrected chi connectivity index (χ3v) is 4.39. The van der Waals surface area contributed by atoms with Crippen LogP contribution >= 0.6 is 0 Å². The predicted octanol–water partition coefficient (Wildman–Crippen LogP) is 3.17. The average molecular weight is 250 g/mol. The Morgan fingerprint density at radius 2 is 2.22 bits per heavy atom. The van der Waals surface area contributed by atoms with Gasteiger partial charge in [-0.25, -0.2) is 0 Å². The summed E-state index contributed by atoms with van der Waals surface area (Å²) in [5.74, 6) is 0.817. The molecule has 1 aromatic rings. The highest BCUT2D eigenvalue weighted by atomic mass is 16.3. The van der Waals surface area contributed by atoms with Gasteiger partial charge in [0.05, 0.1) is 11.8 Å². The lowest BCUT2D eigenvalue weighted by molar-refractivity contribution is 0.0241. The van der Waals surface area contributed by atoms with Crippen LogP contribution in [-0.4, -0.2) is 20.5 Å². The predicted molar refractivity (Wildman–Crippen MR) is 73.4 cm³/mol. The highest BCUT2D eigenvalue weighted by molar-refractivity contribution is 5.08. The Kier molecular flexibility index (Phi) is 4.44. The summed E-state index contributed by atoms with van der Waals surface area (Å²) in [6.07, 6.45) is 11.5. The fourth-order valence-electron chi connectivity index (χ4n) is 3.10. The second kappa shape index (κ2) is 5.87. The van der Waals surface area contributed by atoms with Crippen LogP contribution in [-0.2, 0) is 13.0 Å². The average Bonchev–Trinajstić information content (AvgIpc) is 2.72. The van der Waals surface area contributed by atoms with Crippen molar-refractivity contribution in [3.05, 3.63) is 18.0 Å². The maximum absolute atomic E-state index is 10.8. The van der Waals surface area contributed by atoms with Crippen LogP contribution in [0.15, 0.2) is 12.4 Å². The molecule has 0 spiro atoms. The summed E-state index contributed by atoms with van der Waals surface area (Å²) in [4.78, 5) is 0. The quantitative estimate of drug-likeness (QED) is 0.834. The Bertz CT molecular complexity index is 374. The normalized spacial score (nSPS) is 29.2. The van der Waals surface area contributed by atoms with Gasteiger partial charge in [0, 0.05) is 19.2 Å². The number of hydrogen-bond acceptors (Lipinski definition) is 2. The molecule has 3 nitrogen and oxygen atoms in total. The van der Waals surface area contributed by atoms with Crippen molar-refractivity contribution in [3.63, 3.8) is 0 Å². The fraction of sp³-hybridized carbons (Fsp3) is 0.800. The van der Waals surface area contributed by atoms with Gasteiger partial charge in [-0.3, -0.25) is 4.68 Å². The molecule has 1 saturated carbocycles. The minimum atomic E-state index is -0.495. The SMILES string of the molecule is CCC1CCCC(O)(Cc2cnn(CC)c2)CC1. The fourth-order valence-corrected chi connectivity index (χ4v) is 3.10. The zero-order chi connectivity index (χ0) is 13.0. The first-order valence-corrected chi connectivity index (χ1v) is 7.39. The van der Waals surface area contributed by atoms with Crippen molar-refractivity contribution in [1.82, 2.24) is 9.78 Å². The molecule has 2 rings (SSSR count). The Morgan fingerprint density at radius 3 is 2.89 bits per heavy atom. The minimum Gasteiger partial charge on any atom is -0.390 e. The number of aryl methyl sites for hydroxylation is 1. The van der Waals surface area contributed by atoms with Crippen molar-refractivity contribution in [2.45, 2.75) is 70.9 Å². The van der Waals surface area contributed by atoms with E-state index in [-0.39, 0.29) is 0 Å². The van der Waals surface area contributed by atoms with E-state index in [1.165, 1.54) is 24.8 Å². The third kappa shape index (κ3) is 3.35. The van der Waals surface area contributed by atoms with E-state index in [9.17, 15) is 5.11 Å². The van der Waals surface area contributed by atoms with Crippen LogP contribution < -0.4 is 0 Å². The molecule has 0 bridgehead atoms. The second-order valence-electron chi connectivity index (χ2n) is 5.81. The van der Waals surface area contributed by atoms with E-state index in [0.29, 0.717) is 0 Å². The molecule has 0 saturated heterocycles. The zero-order valence-electron chi connectivity index (χ0n) is 11.7. The van der Waals surface area contributed by atoms with Gasteiger partial charge in [-0.1, -0.05) is 26.2 Å². The molecule has 1 heterocycles. The highest BCUT2D eigenvalue weighted by Crippen LogP contribution is 2.33. The van der Waals surface area contributed by atoms with Gasteiger partial charge in [0.1, 0.15) is 0 Å². The lowest BCUT2D eigenvalue weighted by atomic mass is 9.88. The number of nitrogens with zero attached hydrogens (tertiary/aromatic N) is 2. The van der Waals surface area contributed by atoms with Gasteiger partial charge >= 0.3 is 0 Å². The summed E-state index contributed by atoms with van der Waals surface area (Å²) < 4.78 is 1.93. The first kappa shape index (κ1) is 13.6. The largest absolute Gasteiger partial charge is 0.390 e. The first-order chi connectivity index (χ1) is 8.65. The summed E-state index contributed by atoms with van der Waals surface area (Å²) in [6, 6.07) is 0. The molecule has 2 unspecified atom stereocenters. The van der Waals surface area contributed by atoms with Crippen LogP contribution in [0.2, 0.25) is 0 Å². The molecule has 0 aromatic carbocycles. The molecule has 18 heavy (non-hydrogen) atoms. The van der Waals surface area contributed by atoms with E-state index in [1.54, 1.807) is 0 Å². The summed E-state index contributed by atoms with van der Waals surface area (Å²) in [5.41, 5.74) is 0.681. The van der Waals surface area contributed by atoms with E-state index < -0.39 is 5.60 Å². The molecule has 3 heteroatoms. The van der Waals surface area contributed by atoms with Crippen molar-refractivity contribution in [1.29, 1.82) is 0 Å². The molecular weight excluding hydrogens is 224 g/mol. The topological polar surface area (TPSA) is 38.1 Å². The van der Waals surface area contributed by atoms with Crippen LogP contribution in [0.4, 0.5) is 0 Å². The molecular formula is C15H26N2O. The van der Waals surface area contributed by atoms with Crippen molar-refractivity contribution in [2.75, 3.05) is 0 Å². The standard InChI is InChI=1S/C15H26N2O/c1-3-13-6-5-8-15(18,9-7-13)10-14-11-16-17(4-2)12-14/h11-13,18H,3-10H2,1-2H3. The molecule has 0 radical (unpaired) electrons. The van der Waals surface area contributed by atoms with E-state index in [2.05, 4.69) is 25.1 Å². The Labute approximate surface area is 110 Å². The molecule has 1 N–H and O–H groups in total. The van der Waals surface area contributed by atoms with Gasteiger partial charge in [0.2, 0.25) is 0 Å². The maximum atomic E-state index is 10.8. The molecule has 1 fully saturated rings. The van der Waals surface area contributed by atoms with Gasteiger partial charge in [-0.2, -0.15) is 5.10 Å². The van der Waals surface area contributed by atoms with Gasteiger partial charge in [-0.05, 0) is 37.7 Å². The molecule has 0 amide bonds. The van der Waals surface area contributed by atoms with Crippen molar-refractivity contribution >= 4 is 0 Å². The van der Waals surface area contributed by atoms with Crippen molar-refractivity contribution in [3.8, 4) is 0 Å². The van der Waals surface area contributed by atoms with E-state index in [0.717, 1.165) is 38.1 Å². The number of aliphatic hydroxyl groups is 1.